The molecule has 1 aromatic rings. The van der Waals surface area contributed by atoms with Gasteiger partial charge in [0.05, 0.1) is 18.8 Å². The van der Waals surface area contributed by atoms with Crippen LogP contribution in [0.15, 0.2) is 29.3 Å². The zero-order valence-electron chi connectivity index (χ0n) is 29.2. The molecular weight excluding hydrogens is 702 g/mol. The summed E-state index contributed by atoms with van der Waals surface area (Å²) in [6, 6.07) is -1.94. The number of aliphatic carboxylic acids is 1. The number of carboxylic acid groups (broad SMARTS) is 1. The fourth-order valence-corrected chi connectivity index (χ4v) is 5.85. The molecule has 14 N–H and O–H groups in total. The van der Waals surface area contributed by atoms with Crippen LogP contribution in [-0.4, -0.2) is 141 Å². The molecule has 2 rings (SSSR count). The molecule has 1 aliphatic rings. The number of guanidine groups is 1. The first-order valence-electron chi connectivity index (χ1n) is 16.7. The molecule has 5 amide bonds. The molecular formula is C32H51N9O10S. The van der Waals surface area contributed by atoms with Crippen LogP contribution in [0.2, 0.25) is 0 Å². The van der Waals surface area contributed by atoms with E-state index in [4.69, 9.17) is 17.2 Å². The van der Waals surface area contributed by atoms with Crippen LogP contribution in [0.5, 0.6) is 5.75 Å². The Morgan fingerprint density at radius 2 is 1.58 bits per heavy atom. The van der Waals surface area contributed by atoms with Crippen LogP contribution in [-0.2, 0) is 35.2 Å². The van der Waals surface area contributed by atoms with Gasteiger partial charge < -0.3 is 63.8 Å². The number of likely N-dealkylation sites (tertiary alicyclic amines) is 1. The molecule has 0 bridgehead atoms. The summed E-state index contributed by atoms with van der Waals surface area (Å²) in [5.74, 6) is -5.01. The zero-order chi connectivity index (χ0) is 39.0. The maximum absolute atomic E-state index is 13.7. The second kappa shape index (κ2) is 21.6. The average molecular weight is 754 g/mol. The van der Waals surface area contributed by atoms with Crippen LogP contribution in [0, 0.1) is 0 Å². The van der Waals surface area contributed by atoms with Gasteiger partial charge in [-0.05, 0) is 68.7 Å². The number of phenolic OH excluding ortho intramolecular Hbond substituents is 1. The monoisotopic (exact) mass is 753 g/mol. The van der Waals surface area contributed by atoms with Gasteiger partial charge in [0.15, 0.2) is 12.0 Å². The van der Waals surface area contributed by atoms with Crippen molar-refractivity contribution in [2.75, 3.05) is 31.7 Å². The molecule has 0 aromatic heterocycles. The lowest BCUT2D eigenvalue weighted by molar-refractivity contribution is -0.147. The highest BCUT2D eigenvalue weighted by atomic mass is 32.2. The molecule has 0 spiro atoms. The topological polar surface area (TPSA) is 325 Å². The number of benzene rings is 1. The highest BCUT2D eigenvalue weighted by Gasteiger charge is 2.40. The molecule has 1 saturated heterocycles. The van der Waals surface area contributed by atoms with Gasteiger partial charge in [-0.25, -0.2) is 4.79 Å². The Hall–Kier alpha value is -4.66. The molecule has 0 unspecified atom stereocenters. The number of aliphatic imine (C=N–C) groups is 1. The van der Waals surface area contributed by atoms with Gasteiger partial charge in [0.1, 0.15) is 29.9 Å². The molecule has 0 radical (unpaired) electrons. The van der Waals surface area contributed by atoms with E-state index in [0.29, 0.717) is 24.2 Å². The van der Waals surface area contributed by atoms with Gasteiger partial charge >= 0.3 is 5.97 Å². The highest BCUT2D eigenvalue weighted by molar-refractivity contribution is 7.98. The van der Waals surface area contributed by atoms with Crippen LogP contribution < -0.4 is 38.5 Å². The van der Waals surface area contributed by atoms with Crippen molar-refractivity contribution in [3.63, 3.8) is 0 Å². The van der Waals surface area contributed by atoms with E-state index >= 15 is 0 Å². The number of aliphatic hydroxyl groups is 2. The molecule has 1 aromatic carbocycles. The molecule has 0 saturated carbocycles. The van der Waals surface area contributed by atoms with Crippen molar-refractivity contribution in [2.45, 2.75) is 87.8 Å². The second-order valence-corrected chi connectivity index (χ2v) is 13.3. The maximum Gasteiger partial charge on any atom is 0.328 e. The Kier molecular flexibility index (Phi) is 18.1. The molecule has 20 heteroatoms. The molecule has 1 fully saturated rings. The van der Waals surface area contributed by atoms with Gasteiger partial charge in [-0.1, -0.05) is 12.1 Å². The number of rotatable bonds is 21. The van der Waals surface area contributed by atoms with Gasteiger partial charge in [-0.15, -0.1) is 0 Å². The number of carboxylic acids is 1. The van der Waals surface area contributed by atoms with E-state index in [2.05, 4.69) is 26.3 Å². The number of nitrogens with one attached hydrogen (secondary N) is 4. The van der Waals surface area contributed by atoms with Gasteiger partial charge in [0.2, 0.25) is 29.5 Å². The lowest BCUT2D eigenvalue weighted by Crippen LogP contribution is -2.60. The Labute approximate surface area is 305 Å². The fraction of sp³-hybridized carbons (Fsp3) is 0.594. The van der Waals surface area contributed by atoms with Crippen molar-refractivity contribution in [2.24, 2.45) is 22.2 Å². The van der Waals surface area contributed by atoms with E-state index in [0.717, 1.165) is 4.90 Å². The normalized spacial score (nSPS) is 17.4. The predicted molar refractivity (Wildman–Crippen MR) is 192 cm³/mol. The smallest absolute Gasteiger partial charge is 0.328 e. The minimum atomic E-state index is -1.63. The Morgan fingerprint density at radius 1 is 0.962 bits per heavy atom. The van der Waals surface area contributed by atoms with E-state index in [1.165, 1.54) is 43.0 Å². The zero-order valence-corrected chi connectivity index (χ0v) is 30.0. The third-order valence-corrected chi connectivity index (χ3v) is 8.88. The summed E-state index contributed by atoms with van der Waals surface area (Å²) in [6.07, 6.45) is 1.60. The number of hydrogen-bond acceptors (Lipinski definition) is 12. The molecule has 7 atom stereocenters. The number of hydrogen-bond donors (Lipinski definition) is 11. The van der Waals surface area contributed by atoms with E-state index in [1.807, 2.05) is 6.26 Å². The third-order valence-electron chi connectivity index (χ3n) is 8.24. The summed E-state index contributed by atoms with van der Waals surface area (Å²) >= 11 is 1.42. The predicted octanol–water partition coefficient (Wildman–Crippen LogP) is -3.54. The quantitative estimate of drug-likeness (QED) is 0.0329. The molecule has 1 aliphatic heterocycles. The van der Waals surface area contributed by atoms with Gasteiger partial charge in [-0.2, -0.15) is 11.8 Å². The second-order valence-electron chi connectivity index (χ2n) is 12.3. The molecule has 52 heavy (non-hydrogen) atoms. The summed E-state index contributed by atoms with van der Waals surface area (Å²) in [7, 11) is 0. The molecule has 1 heterocycles. The number of aliphatic hydroxyl groups excluding tert-OH is 2. The summed E-state index contributed by atoms with van der Waals surface area (Å²) in [6.45, 7) is 0.629. The van der Waals surface area contributed by atoms with Crippen molar-refractivity contribution >= 4 is 53.2 Å². The minimum Gasteiger partial charge on any atom is -0.508 e. The van der Waals surface area contributed by atoms with Gasteiger partial charge in [-0.3, -0.25) is 29.0 Å². The van der Waals surface area contributed by atoms with Crippen LogP contribution >= 0.6 is 11.8 Å². The summed E-state index contributed by atoms with van der Waals surface area (Å²) in [5.41, 5.74) is 17.2. The number of nitrogens with zero attached hydrogens (tertiary/aromatic N) is 2. The Balaban J connectivity index is 2.25. The molecule has 19 nitrogen and oxygen atoms in total. The third kappa shape index (κ3) is 13.8. The van der Waals surface area contributed by atoms with Crippen molar-refractivity contribution in [1.29, 1.82) is 0 Å². The number of nitrogens with two attached hydrogens (primary N) is 3. The maximum atomic E-state index is 13.7. The van der Waals surface area contributed by atoms with Gasteiger partial charge in [0, 0.05) is 19.5 Å². The lowest BCUT2D eigenvalue weighted by atomic mass is 10.0. The van der Waals surface area contributed by atoms with E-state index in [9.17, 15) is 49.2 Å². The van der Waals surface area contributed by atoms with Crippen molar-refractivity contribution in [1.82, 2.24) is 26.2 Å². The van der Waals surface area contributed by atoms with Crippen molar-refractivity contribution in [3.05, 3.63) is 29.8 Å². The van der Waals surface area contributed by atoms with Crippen molar-refractivity contribution < 1.29 is 49.2 Å². The summed E-state index contributed by atoms with van der Waals surface area (Å²) in [5, 5.41) is 49.0. The van der Waals surface area contributed by atoms with Crippen LogP contribution in [0.4, 0.5) is 0 Å². The standard InChI is InChI=1S/C32H51N9O10S/c1-17(43)25(31(50)51)40-29(48)24-6-4-13-41(24)30(49)23(16-42)39-28(47)22(15-18-7-9-19(44)10-8-18)38-27(46)21(11-14-52-2)37-26(45)20(33)5-3-12-36-32(34)35/h7-10,17,20-25,42-44H,3-6,11-16,33H2,1-2H3,(H,37,45)(H,38,46)(H,39,47)(H,40,48)(H,50,51)(H4,34,35,36)/t17-,20+,21+,22+,23+,24+,25+/m1/s1. The Bertz CT molecular complexity index is 1410. The Morgan fingerprint density at radius 3 is 2.15 bits per heavy atom. The fourth-order valence-electron chi connectivity index (χ4n) is 5.38. The van der Waals surface area contributed by atoms with Crippen LogP contribution in [0.25, 0.3) is 0 Å². The summed E-state index contributed by atoms with van der Waals surface area (Å²) in [4.78, 5) is 83.3. The minimum absolute atomic E-state index is 0.0402. The molecule has 0 aliphatic carbocycles. The average Bonchev–Trinajstić information content (AvgIpc) is 3.59. The SMILES string of the molecule is CSCC[C@H](NC(=O)[C@@H](N)CCCN=C(N)N)C(=O)N[C@@H](Cc1ccc(O)cc1)C(=O)N[C@@H](CO)C(=O)N1CCC[C@H]1C(=O)N[C@H](C(=O)O)[C@@H](C)O. The van der Waals surface area contributed by atoms with E-state index in [-0.39, 0.29) is 50.5 Å². The van der Waals surface area contributed by atoms with Crippen LogP contribution in [0.3, 0.4) is 0 Å². The highest BCUT2D eigenvalue weighted by Crippen LogP contribution is 2.19. The van der Waals surface area contributed by atoms with Crippen molar-refractivity contribution in [3.8, 4) is 5.75 Å². The number of phenols is 1. The van der Waals surface area contributed by atoms with E-state index in [1.54, 1.807) is 0 Å². The number of amides is 5. The first-order chi connectivity index (χ1) is 24.6. The number of carbonyl (C=O) groups is 6. The lowest BCUT2D eigenvalue weighted by Gasteiger charge is -2.30. The first-order valence-corrected chi connectivity index (χ1v) is 18.1. The molecule has 290 valence electrons. The number of thioether (sulfide) groups is 1. The first kappa shape index (κ1) is 43.5. The van der Waals surface area contributed by atoms with Crippen LogP contribution in [0.1, 0.15) is 44.6 Å². The number of carbonyl (C=O) groups excluding carboxylic acids is 5. The van der Waals surface area contributed by atoms with E-state index < -0.39 is 84.5 Å². The summed E-state index contributed by atoms with van der Waals surface area (Å²) < 4.78 is 0. The number of aromatic hydroxyl groups is 1. The van der Waals surface area contributed by atoms with Gasteiger partial charge in [0.25, 0.3) is 0 Å². The largest absolute Gasteiger partial charge is 0.508 e.